The number of anilines is 2. The summed E-state index contributed by atoms with van der Waals surface area (Å²) in [5.41, 5.74) is 7.54. The fourth-order valence-corrected chi connectivity index (χ4v) is 1.94. The summed E-state index contributed by atoms with van der Waals surface area (Å²) < 4.78 is 5.16. The van der Waals surface area contributed by atoms with Crippen LogP contribution in [0.4, 0.5) is 11.6 Å². The number of hydrogen-bond donors (Lipinski definition) is 2. The van der Waals surface area contributed by atoms with Crippen molar-refractivity contribution >= 4 is 17.9 Å². The minimum absolute atomic E-state index is 0.0231. The van der Waals surface area contributed by atoms with Gasteiger partial charge >= 0.3 is 0 Å². The minimum atomic E-state index is 0.0231. The first-order valence-corrected chi connectivity index (χ1v) is 6.73. The van der Waals surface area contributed by atoms with Crippen LogP contribution >= 0.6 is 0 Å². The van der Waals surface area contributed by atoms with Crippen molar-refractivity contribution in [3.8, 4) is 5.75 Å². The molecule has 116 valence electrons. The van der Waals surface area contributed by atoms with Crippen LogP contribution in [0.15, 0.2) is 35.7 Å². The Morgan fingerprint density at radius 2 is 1.95 bits per heavy atom. The van der Waals surface area contributed by atoms with E-state index in [2.05, 4.69) is 25.3 Å². The Labute approximate surface area is 129 Å². The molecule has 0 saturated heterocycles. The molecule has 0 saturated carbocycles. The normalized spacial score (nSPS) is 12.1. The second-order valence-electron chi connectivity index (χ2n) is 4.58. The Bertz CT molecular complexity index is 643. The first-order chi connectivity index (χ1) is 10.7. The summed E-state index contributed by atoms with van der Waals surface area (Å²) in [7, 11) is 3.10. The number of nitrogens with one attached hydrogen (secondary N) is 1. The van der Waals surface area contributed by atoms with Gasteiger partial charge in [-0.05, 0) is 24.6 Å². The van der Waals surface area contributed by atoms with Gasteiger partial charge in [0.2, 0.25) is 0 Å². The third-order valence-electron chi connectivity index (χ3n) is 3.17. The van der Waals surface area contributed by atoms with E-state index in [0.29, 0.717) is 17.2 Å². The highest BCUT2D eigenvalue weighted by Crippen LogP contribution is 2.23. The van der Waals surface area contributed by atoms with Gasteiger partial charge in [0.1, 0.15) is 30.8 Å². The number of ether oxygens (including phenoxy) is 1. The largest absolute Gasteiger partial charge is 0.497 e. The second-order valence-corrected chi connectivity index (χ2v) is 4.58. The molecule has 22 heavy (non-hydrogen) atoms. The fraction of sp³-hybridized carbons (Fsp3) is 0.267. The third kappa shape index (κ3) is 3.63. The number of nitrogen functional groups attached to an aromatic ring is 1. The van der Waals surface area contributed by atoms with Gasteiger partial charge in [0.05, 0.1) is 18.9 Å². The maximum Gasteiger partial charge on any atom is 0.141 e. The lowest BCUT2D eigenvalue weighted by Crippen LogP contribution is -2.12. The average Bonchev–Trinajstić information content (AvgIpc) is 2.54. The molecule has 7 nitrogen and oxygen atoms in total. The van der Waals surface area contributed by atoms with E-state index in [0.717, 1.165) is 11.3 Å². The van der Waals surface area contributed by atoms with Crippen LogP contribution in [0.3, 0.4) is 0 Å². The van der Waals surface area contributed by atoms with Crippen LogP contribution in [0.25, 0.3) is 0 Å². The van der Waals surface area contributed by atoms with Crippen LogP contribution in [-0.4, -0.2) is 30.4 Å². The van der Waals surface area contributed by atoms with Gasteiger partial charge in [-0.25, -0.2) is 9.97 Å². The van der Waals surface area contributed by atoms with Crippen LogP contribution in [0.1, 0.15) is 24.1 Å². The van der Waals surface area contributed by atoms with Gasteiger partial charge in [-0.2, -0.15) is 0 Å². The summed E-state index contributed by atoms with van der Waals surface area (Å²) in [6.07, 6.45) is 2.89. The van der Waals surface area contributed by atoms with Crippen LogP contribution < -0.4 is 15.8 Å². The molecule has 0 aliphatic heterocycles. The highest BCUT2D eigenvalue weighted by molar-refractivity contribution is 5.91. The molecule has 0 fully saturated rings. The van der Waals surface area contributed by atoms with E-state index in [4.69, 9.17) is 10.5 Å². The van der Waals surface area contributed by atoms with Gasteiger partial charge in [0, 0.05) is 6.04 Å². The van der Waals surface area contributed by atoms with Crippen LogP contribution in [0, 0.1) is 0 Å². The highest BCUT2D eigenvalue weighted by Gasteiger charge is 2.12. The Morgan fingerprint density at radius 1 is 1.23 bits per heavy atom. The molecule has 0 radical (unpaired) electrons. The van der Waals surface area contributed by atoms with Crippen molar-refractivity contribution in [2.24, 2.45) is 5.16 Å². The number of nitrogens with two attached hydrogens (primary N) is 1. The fourth-order valence-electron chi connectivity index (χ4n) is 1.94. The molecule has 2 rings (SSSR count). The highest BCUT2D eigenvalue weighted by atomic mass is 16.6. The Hall–Kier alpha value is -2.83. The second kappa shape index (κ2) is 7.26. The van der Waals surface area contributed by atoms with Crippen molar-refractivity contribution in [3.63, 3.8) is 0 Å². The molecule has 0 spiro atoms. The van der Waals surface area contributed by atoms with Crippen LogP contribution in [0.2, 0.25) is 0 Å². The van der Waals surface area contributed by atoms with Crippen molar-refractivity contribution in [2.45, 2.75) is 13.0 Å². The lowest BCUT2D eigenvalue weighted by Gasteiger charge is -2.17. The van der Waals surface area contributed by atoms with E-state index in [1.54, 1.807) is 7.11 Å². The standard InChI is InChI=1S/C15H19N5O2/c1-10(11-4-6-12(21-2)7-5-11)20-15-13(8-19-22-3)14(16)17-9-18-15/h4-10H,1-3H3,(H3,16,17,18,20)/b19-8+. The Balaban J connectivity index is 2.21. The van der Waals surface area contributed by atoms with Gasteiger partial charge in [0.15, 0.2) is 0 Å². The molecule has 0 aliphatic rings. The smallest absolute Gasteiger partial charge is 0.141 e. The molecule has 2 aromatic rings. The molecule has 1 unspecified atom stereocenters. The van der Waals surface area contributed by atoms with Crippen molar-refractivity contribution in [2.75, 3.05) is 25.3 Å². The molecule has 3 N–H and O–H groups in total. The molecule has 1 aromatic carbocycles. The van der Waals surface area contributed by atoms with E-state index in [1.807, 2.05) is 31.2 Å². The average molecular weight is 301 g/mol. The molecular formula is C15H19N5O2. The number of rotatable bonds is 6. The number of oxime groups is 1. The zero-order chi connectivity index (χ0) is 15.9. The zero-order valence-corrected chi connectivity index (χ0v) is 12.8. The summed E-state index contributed by atoms with van der Waals surface area (Å²) in [6, 6.07) is 7.83. The van der Waals surface area contributed by atoms with E-state index in [1.165, 1.54) is 19.7 Å². The zero-order valence-electron chi connectivity index (χ0n) is 12.8. The number of aromatic nitrogens is 2. The van der Waals surface area contributed by atoms with Crippen molar-refractivity contribution in [1.29, 1.82) is 0 Å². The molecular weight excluding hydrogens is 282 g/mol. The molecule has 0 aliphatic carbocycles. The number of methoxy groups -OCH3 is 1. The first-order valence-electron chi connectivity index (χ1n) is 6.73. The summed E-state index contributed by atoms with van der Waals surface area (Å²) in [5, 5.41) is 7.02. The SMILES string of the molecule is CO/N=C/c1c(N)ncnc1NC(C)c1ccc(OC)cc1. The molecule has 0 bridgehead atoms. The van der Waals surface area contributed by atoms with E-state index in [9.17, 15) is 0 Å². The summed E-state index contributed by atoms with van der Waals surface area (Å²) in [6.45, 7) is 2.03. The Morgan fingerprint density at radius 3 is 2.59 bits per heavy atom. The first kappa shape index (κ1) is 15.6. The van der Waals surface area contributed by atoms with Gasteiger partial charge < -0.3 is 20.6 Å². The van der Waals surface area contributed by atoms with Gasteiger partial charge in [-0.1, -0.05) is 17.3 Å². The number of nitrogens with zero attached hydrogens (tertiary/aromatic N) is 3. The maximum atomic E-state index is 5.86. The minimum Gasteiger partial charge on any atom is -0.497 e. The number of benzene rings is 1. The van der Waals surface area contributed by atoms with Gasteiger partial charge in [-0.15, -0.1) is 0 Å². The summed E-state index contributed by atoms with van der Waals surface area (Å²) in [4.78, 5) is 12.9. The molecule has 1 aromatic heterocycles. The molecule has 1 atom stereocenters. The van der Waals surface area contributed by atoms with Gasteiger partial charge in [0.25, 0.3) is 0 Å². The van der Waals surface area contributed by atoms with E-state index >= 15 is 0 Å². The molecule has 7 heteroatoms. The van der Waals surface area contributed by atoms with Gasteiger partial charge in [-0.3, -0.25) is 0 Å². The lowest BCUT2D eigenvalue weighted by atomic mass is 10.1. The van der Waals surface area contributed by atoms with Crippen molar-refractivity contribution in [3.05, 3.63) is 41.7 Å². The Kier molecular flexibility index (Phi) is 5.13. The van der Waals surface area contributed by atoms with E-state index < -0.39 is 0 Å². The van der Waals surface area contributed by atoms with Crippen LogP contribution in [-0.2, 0) is 4.84 Å². The predicted octanol–water partition coefficient (Wildman–Crippen LogP) is 2.22. The maximum absolute atomic E-state index is 5.86. The predicted molar refractivity (Wildman–Crippen MR) is 86.1 cm³/mol. The quantitative estimate of drug-likeness (QED) is 0.627. The summed E-state index contributed by atoms with van der Waals surface area (Å²) in [5.74, 6) is 1.74. The monoisotopic (exact) mass is 301 g/mol. The lowest BCUT2D eigenvalue weighted by molar-refractivity contribution is 0.215. The number of hydrogen-bond acceptors (Lipinski definition) is 7. The molecule has 0 amide bonds. The summed E-state index contributed by atoms with van der Waals surface area (Å²) >= 11 is 0. The molecule has 1 heterocycles. The van der Waals surface area contributed by atoms with Crippen molar-refractivity contribution < 1.29 is 9.57 Å². The topological polar surface area (TPSA) is 94.7 Å². The van der Waals surface area contributed by atoms with E-state index in [-0.39, 0.29) is 6.04 Å². The van der Waals surface area contributed by atoms with Crippen LogP contribution in [0.5, 0.6) is 5.75 Å². The third-order valence-corrected chi connectivity index (χ3v) is 3.17. The van der Waals surface area contributed by atoms with Crippen molar-refractivity contribution in [1.82, 2.24) is 9.97 Å².